The largest absolute Gasteiger partial charge is 0.431 e. The minimum Gasteiger partial charge on any atom is -0.431 e. The molecule has 0 aromatic carbocycles. The van der Waals surface area contributed by atoms with Crippen molar-refractivity contribution in [3.05, 3.63) is 34.4 Å². The molecule has 1 spiro atoms. The Morgan fingerprint density at radius 1 is 1.02 bits per heavy atom. The number of ether oxygens (including phenoxy) is 5. The molecule has 4 aliphatic carbocycles. The molecule has 0 radical (unpaired) electrons. The summed E-state index contributed by atoms with van der Waals surface area (Å²) in [7, 11) is 1.38. The highest BCUT2D eigenvalue weighted by molar-refractivity contribution is 5.37. The number of fused-ring (bicyclic) bond motifs is 6. The quantitative estimate of drug-likeness (QED) is 0.289. The van der Waals surface area contributed by atoms with Crippen LogP contribution in [0.25, 0.3) is 0 Å². The molecule has 4 saturated carbocycles. The molecule has 1 aromatic heterocycles. The van der Waals surface area contributed by atoms with E-state index in [4.69, 9.17) is 28.1 Å². The Balaban J connectivity index is 1.16. The molecule has 8 rings (SSSR count). The number of epoxide rings is 1. The molecule has 7 fully saturated rings. The molecular formula is C31H42O11. The molecular weight excluding hydrogens is 548 g/mol. The van der Waals surface area contributed by atoms with Crippen molar-refractivity contribution in [1.82, 2.24) is 0 Å². The summed E-state index contributed by atoms with van der Waals surface area (Å²) in [4.78, 5) is 11.7. The lowest BCUT2D eigenvalue weighted by Crippen LogP contribution is -2.71. The van der Waals surface area contributed by atoms with Crippen LogP contribution in [-0.2, 0) is 23.7 Å². The summed E-state index contributed by atoms with van der Waals surface area (Å²) in [5, 5.41) is 47.0. The topological polar surface area (TPSA) is 161 Å². The van der Waals surface area contributed by atoms with Gasteiger partial charge in [0.25, 0.3) is 0 Å². The van der Waals surface area contributed by atoms with E-state index in [1.165, 1.54) is 19.4 Å². The van der Waals surface area contributed by atoms with E-state index < -0.39 is 76.4 Å². The summed E-state index contributed by atoms with van der Waals surface area (Å²) in [5.74, 6) is -2.02. The average Bonchev–Trinajstić information content (AvgIpc) is 3.63. The van der Waals surface area contributed by atoms with Crippen molar-refractivity contribution in [2.45, 2.75) is 131 Å². The molecule has 4 heterocycles. The van der Waals surface area contributed by atoms with Gasteiger partial charge in [0.15, 0.2) is 12.4 Å². The lowest BCUT2D eigenvalue weighted by Gasteiger charge is -2.63. The van der Waals surface area contributed by atoms with Gasteiger partial charge in [0.1, 0.15) is 23.4 Å². The molecule has 3 aliphatic heterocycles. The number of methoxy groups -OCH3 is 1. The summed E-state index contributed by atoms with van der Waals surface area (Å²) in [6, 6.07) is 3.26. The minimum absolute atomic E-state index is 0.0169. The third kappa shape index (κ3) is 3.10. The zero-order valence-corrected chi connectivity index (χ0v) is 24.5. The van der Waals surface area contributed by atoms with E-state index in [1.54, 1.807) is 6.92 Å². The smallest absolute Gasteiger partial charge is 0.335 e. The highest BCUT2D eigenvalue weighted by atomic mass is 16.8. The van der Waals surface area contributed by atoms with Crippen LogP contribution in [0.1, 0.15) is 70.8 Å². The van der Waals surface area contributed by atoms with Gasteiger partial charge in [-0.1, -0.05) is 13.8 Å². The Bertz CT molecular complexity index is 1320. The lowest BCUT2D eigenvalue weighted by molar-refractivity contribution is -0.388. The lowest BCUT2D eigenvalue weighted by atomic mass is 9.42. The van der Waals surface area contributed by atoms with Crippen LogP contribution in [-0.4, -0.2) is 93.5 Å². The Kier molecular flexibility index (Phi) is 5.78. The van der Waals surface area contributed by atoms with E-state index in [0.29, 0.717) is 19.3 Å². The van der Waals surface area contributed by atoms with Crippen molar-refractivity contribution in [2.24, 2.45) is 22.7 Å². The highest BCUT2D eigenvalue weighted by Gasteiger charge is 2.85. The van der Waals surface area contributed by atoms with Crippen LogP contribution < -0.4 is 5.63 Å². The SMILES string of the molecule is COC12O[C@@H]3C[C@]4(C)C5CC[C@]6(C)[C@@H](c7ccc(=O)oc7)CC[C@]6(O)[C@@]56O[C@H]6C[C@H]4[C@H](O)[C@H]3OC(OC(C)C1O)C2O. The second-order valence-corrected chi connectivity index (χ2v) is 14.6. The maximum absolute atomic E-state index is 12.8. The molecule has 232 valence electrons. The van der Waals surface area contributed by atoms with Gasteiger partial charge < -0.3 is 48.5 Å². The van der Waals surface area contributed by atoms with Crippen molar-refractivity contribution in [3.8, 4) is 0 Å². The van der Waals surface area contributed by atoms with Crippen molar-refractivity contribution in [1.29, 1.82) is 0 Å². The van der Waals surface area contributed by atoms with Crippen LogP contribution >= 0.6 is 0 Å². The predicted molar refractivity (Wildman–Crippen MR) is 143 cm³/mol. The molecule has 1 aromatic rings. The monoisotopic (exact) mass is 590 g/mol. The van der Waals surface area contributed by atoms with Crippen molar-refractivity contribution < 1.29 is 48.5 Å². The van der Waals surface area contributed by atoms with Gasteiger partial charge in [-0.05, 0) is 80.2 Å². The van der Waals surface area contributed by atoms with Crippen molar-refractivity contribution in [3.63, 3.8) is 0 Å². The van der Waals surface area contributed by atoms with E-state index in [1.807, 2.05) is 6.07 Å². The second kappa shape index (κ2) is 8.64. The number of aliphatic hydroxyl groups is 4. The van der Waals surface area contributed by atoms with Crippen LogP contribution in [0.3, 0.4) is 0 Å². The molecule has 6 unspecified atom stereocenters. The Morgan fingerprint density at radius 2 is 1.81 bits per heavy atom. The maximum Gasteiger partial charge on any atom is 0.335 e. The first-order valence-electron chi connectivity index (χ1n) is 15.4. The minimum atomic E-state index is -1.78. The van der Waals surface area contributed by atoms with Gasteiger partial charge in [0.05, 0.1) is 30.7 Å². The summed E-state index contributed by atoms with van der Waals surface area (Å²) in [6.07, 6.45) is -1.81. The van der Waals surface area contributed by atoms with Crippen molar-refractivity contribution in [2.75, 3.05) is 7.11 Å². The van der Waals surface area contributed by atoms with E-state index in [0.717, 1.165) is 24.8 Å². The molecule has 4 N–H and O–H groups in total. The first-order valence-corrected chi connectivity index (χ1v) is 15.4. The van der Waals surface area contributed by atoms with Crippen LogP contribution in [0.15, 0.2) is 27.6 Å². The van der Waals surface area contributed by atoms with Crippen LogP contribution in [0.4, 0.5) is 0 Å². The van der Waals surface area contributed by atoms with E-state index in [2.05, 4.69) is 13.8 Å². The highest BCUT2D eigenvalue weighted by Crippen LogP contribution is 2.78. The number of rotatable bonds is 2. The van der Waals surface area contributed by atoms with Crippen LogP contribution in [0, 0.1) is 22.7 Å². The third-order valence-electron chi connectivity index (χ3n) is 13.2. The fourth-order valence-corrected chi connectivity index (χ4v) is 11.1. The second-order valence-electron chi connectivity index (χ2n) is 14.6. The summed E-state index contributed by atoms with van der Waals surface area (Å²) in [5.41, 5.74) is -2.33. The van der Waals surface area contributed by atoms with E-state index >= 15 is 0 Å². The number of hydrogen-bond acceptors (Lipinski definition) is 11. The fraction of sp³-hybridized carbons (Fsp3) is 0.839. The summed E-state index contributed by atoms with van der Waals surface area (Å²) < 4.78 is 36.2. The molecule has 0 amide bonds. The number of hydrogen-bond donors (Lipinski definition) is 4. The van der Waals surface area contributed by atoms with E-state index in [-0.39, 0.29) is 23.9 Å². The predicted octanol–water partition coefficient (Wildman–Crippen LogP) is 1.19. The Hall–Kier alpha value is -1.41. The average molecular weight is 591 g/mol. The summed E-state index contributed by atoms with van der Waals surface area (Å²) in [6.45, 7) is 5.98. The van der Waals surface area contributed by atoms with Gasteiger partial charge in [-0.2, -0.15) is 0 Å². The Labute approximate surface area is 244 Å². The summed E-state index contributed by atoms with van der Waals surface area (Å²) >= 11 is 0. The standard InChI is InChI=1S/C31H42O11/c1-14-24(34)31(37-4)25(35)26(39-14)40-23-18(41-31)12-27(2)17(22(23)33)11-20-30(42-20)19(27)8-9-28(3)16(7-10-29(28,30)36)15-5-6-21(32)38-13-15/h5-6,13-14,16-20,22-26,33-36H,7-12H2,1-4H3/t14?,16-,17+,18-,19?,20+,22+,23+,24?,25?,26?,27+,28-,29-,30-,31?/m1/s1. The van der Waals surface area contributed by atoms with Gasteiger partial charge in [-0.15, -0.1) is 0 Å². The van der Waals surface area contributed by atoms with E-state index in [9.17, 15) is 25.2 Å². The molecule has 11 heteroatoms. The maximum atomic E-state index is 12.8. The number of aliphatic hydroxyl groups excluding tert-OH is 3. The molecule has 7 aliphatic rings. The Morgan fingerprint density at radius 3 is 2.52 bits per heavy atom. The van der Waals surface area contributed by atoms with Gasteiger partial charge in [-0.25, -0.2) is 4.79 Å². The van der Waals surface area contributed by atoms with Gasteiger partial charge in [0.2, 0.25) is 5.79 Å². The zero-order valence-electron chi connectivity index (χ0n) is 24.5. The first-order chi connectivity index (χ1) is 19.9. The molecule has 2 bridgehead atoms. The van der Waals surface area contributed by atoms with Gasteiger partial charge >= 0.3 is 5.63 Å². The first kappa shape index (κ1) is 28.1. The van der Waals surface area contributed by atoms with Crippen LogP contribution in [0.2, 0.25) is 0 Å². The van der Waals surface area contributed by atoms with Gasteiger partial charge in [0, 0.05) is 18.6 Å². The normalized spacial score (nSPS) is 59.4. The van der Waals surface area contributed by atoms with Crippen LogP contribution in [0.5, 0.6) is 0 Å². The third-order valence-corrected chi connectivity index (χ3v) is 13.2. The molecule has 16 atom stereocenters. The molecule has 3 saturated heterocycles. The van der Waals surface area contributed by atoms with Gasteiger partial charge in [-0.3, -0.25) is 0 Å². The van der Waals surface area contributed by atoms with Crippen molar-refractivity contribution >= 4 is 0 Å². The zero-order chi connectivity index (χ0) is 29.6. The molecule has 42 heavy (non-hydrogen) atoms. The fourth-order valence-electron chi connectivity index (χ4n) is 11.1. The molecule has 11 nitrogen and oxygen atoms in total.